The van der Waals surface area contributed by atoms with Crippen molar-refractivity contribution in [1.82, 2.24) is 0 Å². The first-order chi connectivity index (χ1) is 13.7. The highest BCUT2D eigenvalue weighted by atomic mass is 15.0. The first-order valence-corrected chi connectivity index (χ1v) is 9.01. The molecule has 0 radical (unpaired) electrons. The van der Waals surface area contributed by atoms with Gasteiger partial charge in [0.1, 0.15) is 13.1 Å². The van der Waals surface area contributed by atoms with Crippen LogP contribution in [0.3, 0.4) is 0 Å². The van der Waals surface area contributed by atoms with Crippen molar-refractivity contribution in [2.75, 3.05) is 13.1 Å². The predicted octanol–water partition coefficient (Wildman–Crippen LogP) is 6.01. The molecule has 2 heterocycles. The van der Waals surface area contributed by atoms with E-state index in [9.17, 15) is 0 Å². The van der Waals surface area contributed by atoms with Crippen molar-refractivity contribution in [3.63, 3.8) is 0 Å². The number of para-hydroxylation sites is 2. The molecule has 0 spiro atoms. The summed E-state index contributed by atoms with van der Waals surface area (Å²) in [6.07, 6.45) is 2.26. The van der Waals surface area contributed by atoms with Gasteiger partial charge in [-0.1, -0.05) is 51.2 Å². The van der Waals surface area contributed by atoms with E-state index in [1.54, 1.807) is 0 Å². The van der Waals surface area contributed by atoms with E-state index in [2.05, 4.69) is 85.4 Å². The molecule has 2 aliphatic rings. The maximum absolute atomic E-state index is 5.75. The van der Waals surface area contributed by atoms with E-state index in [4.69, 9.17) is 2.74 Å². The van der Waals surface area contributed by atoms with E-state index in [0.29, 0.717) is 0 Å². The molecule has 140 valence electrons. The Balaban J connectivity index is 0.000000238. The van der Waals surface area contributed by atoms with Crippen molar-refractivity contribution in [3.05, 3.63) is 59.7 Å². The minimum absolute atomic E-state index is 1.09. The Labute approximate surface area is 163 Å². The molecule has 0 atom stereocenters. The highest BCUT2D eigenvalue weighted by Gasteiger charge is 2.25. The fourth-order valence-corrected chi connectivity index (χ4v) is 3.88. The van der Waals surface area contributed by atoms with Crippen LogP contribution in [0.2, 0.25) is 0 Å². The Morgan fingerprint density at radius 2 is 1.08 bits per heavy atom. The molecule has 2 aromatic carbocycles. The Hall–Kier alpha value is -2.22. The van der Waals surface area contributed by atoms with Crippen molar-refractivity contribution in [1.29, 1.82) is 0 Å². The van der Waals surface area contributed by atoms with Crippen LogP contribution in [0.4, 0.5) is 11.4 Å². The lowest BCUT2D eigenvalue weighted by atomic mass is 10.1. The van der Waals surface area contributed by atoms with Crippen LogP contribution in [0, 0.1) is 0 Å². The van der Waals surface area contributed by atoms with Crippen LogP contribution >= 0.6 is 0 Å². The van der Waals surface area contributed by atoms with Gasteiger partial charge in [0.25, 0.3) is 0 Å². The van der Waals surface area contributed by atoms with Crippen molar-refractivity contribution < 1.29 is 11.9 Å². The lowest BCUT2D eigenvalue weighted by Gasteiger charge is -1.96. The molecule has 0 saturated carbocycles. The van der Waals surface area contributed by atoms with Crippen LogP contribution in [0.5, 0.6) is 0 Å². The zero-order chi connectivity index (χ0) is 21.1. The molecule has 2 aliphatic heterocycles. The van der Waals surface area contributed by atoms with E-state index in [1.165, 1.54) is 48.7 Å². The van der Waals surface area contributed by atoms with Crippen LogP contribution in [-0.4, -0.2) is 33.7 Å². The zero-order valence-electron chi connectivity index (χ0n) is 19.3. The highest BCUT2D eigenvalue weighted by Crippen LogP contribution is 2.26. The second-order valence-electron chi connectivity index (χ2n) is 6.57. The van der Waals surface area contributed by atoms with Crippen molar-refractivity contribution in [3.8, 4) is 0 Å². The van der Waals surface area contributed by atoms with Crippen LogP contribution in [0.15, 0.2) is 48.5 Å². The molecule has 0 aromatic heterocycles. The third-order valence-corrected chi connectivity index (χ3v) is 5.01. The second kappa shape index (κ2) is 9.47. The summed E-state index contributed by atoms with van der Waals surface area (Å²) in [6, 6.07) is 17.3. The summed E-state index contributed by atoms with van der Waals surface area (Å²) in [5.41, 5.74) is 8.68. The normalized spacial score (nSPS) is 14.5. The van der Waals surface area contributed by atoms with Crippen molar-refractivity contribution in [2.24, 2.45) is 0 Å². The molecule has 2 heteroatoms. The molecule has 0 fully saturated rings. The molecule has 2 aromatic rings. The van der Waals surface area contributed by atoms with Gasteiger partial charge in [0.2, 0.25) is 11.4 Å². The molecule has 0 unspecified atom stereocenters. The lowest BCUT2D eigenvalue weighted by Crippen LogP contribution is -2.08. The molecule has 0 saturated heterocycles. The summed E-state index contributed by atoms with van der Waals surface area (Å²) in [4.78, 5) is 0. The zero-order valence-corrected chi connectivity index (χ0v) is 17.3. The summed E-state index contributed by atoms with van der Waals surface area (Å²) >= 11 is 0. The molecular weight excluding hydrogens is 316 g/mol. The molecule has 0 amide bonds. The molecule has 0 N–H and O–H groups in total. The Morgan fingerprint density at radius 1 is 0.731 bits per heavy atom. The fourth-order valence-electron chi connectivity index (χ4n) is 3.88. The van der Waals surface area contributed by atoms with Gasteiger partial charge < -0.3 is 0 Å². The smallest absolute Gasteiger partial charge is 0.200 e. The Kier molecular flexibility index (Phi) is 6.76. The largest absolute Gasteiger partial charge is 0.208 e. The summed E-state index contributed by atoms with van der Waals surface area (Å²) in [5.74, 6) is 0. The van der Waals surface area contributed by atoms with Gasteiger partial charge in [-0.25, -0.2) is 0 Å². The van der Waals surface area contributed by atoms with Crippen LogP contribution < -0.4 is 0 Å². The maximum Gasteiger partial charge on any atom is 0.208 e. The minimum atomic E-state index is 1.09. The van der Waals surface area contributed by atoms with E-state index in [1.807, 2.05) is 0 Å². The molecular formula is C24H36N2+2. The van der Waals surface area contributed by atoms with E-state index < -0.39 is 0 Å². The third kappa shape index (κ3) is 4.12. The van der Waals surface area contributed by atoms with E-state index in [0.717, 1.165) is 25.9 Å². The topological polar surface area (TPSA) is 6.02 Å². The van der Waals surface area contributed by atoms with Gasteiger partial charge in [0.15, 0.2) is 11.4 Å². The number of hydrogen-bond acceptors (Lipinski definition) is 0. The monoisotopic (exact) mass is 356 g/mol. The minimum Gasteiger partial charge on any atom is -0.200 e. The van der Waals surface area contributed by atoms with Crippen LogP contribution in [-0.2, 0) is 12.8 Å². The first kappa shape index (κ1) is 18.6. The summed E-state index contributed by atoms with van der Waals surface area (Å²) in [5, 5.41) is 0. The summed E-state index contributed by atoms with van der Waals surface area (Å²) < 4.78 is 16.3. The number of rotatable bonds is 2. The standard InChI is InChI=1S/2C11H14N.2CH4/c2*1-3-12-9(2)8-10-6-4-5-7-11(10)12;;/h2*4-7H,3,8H2,1-2H3;2*1H4/q2*+1;;/i;;2*1T. The van der Waals surface area contributed by atoms with E-state index in [-0.39, 0.29) is 0 Å². The fraction of sp³-hybridized carbons (Fsp3) is 0.417. The average molecular weight is 357 g/mol. The van der Waals surface area contributed by atoms with Gasteiger partial charge in [0.05, 0.1) is 12.8 Å². The molecule has 0 aliphatic carbocycles. The Morgan fingerprint density at radius 3 is 1.42 bits per heavy atom. The summed E-state index contributed by atoms with van der Waals surface area (Å²) in [6.45, 7) is 11.0. The number of benzene rings is 2. The van der Waals surface area contributed by atoms with Gasteiger partial charge in [0, 0.05) is 39.8 Å². The molecule has 2 nitrogen and oxygen atoms in total. The number of fused-ring (bicyclic) bond motifs is 2. The highest BCUT2D eigenvalue weighted by molar-refractivity contribution is 5.85. The van der Waals surface area contributed by atoms with Crippen LogP contribution in [0.1, 0.15) is 56.4 Å². The van der Waals surface area contributed by atoms with Crippen molar-refractivity contribution >= 4 is 22.8 Å². The maximum atomic E-state index is 5.75. The quantitative estimate of drug-likeness (QED) is 0.582. The average Bonchev–Trinajstić information content (AvgIpc) is 3.25. The van der Waals surface area contributed by atoms with Crippen LogP contribution in [0.25, 0.3) is 0 Å². The second-order valence-corrected chi connectivity index (χ2v) is 6.57. The first-order valence-electron chi connectivity index (χ1n) is 11.0. The predicted molar refractivity (Wildman–Crippen MR) is 116 cm³/mol. The Bertz CT molecular complexity index is 753. The van der Waals surface area contributed by atoms with Gasteiger partial charge in [-0.3, -0.25) is 0 Å². The van der Waals surface area contributed by atoms with Gasteiger partial charge in [-0.2, -0.15) is 9.15 Å². The summed E-state index contributed by atoms with van der Waals surface area (Å²) in [7, 11) is 2.50. The molecule has 0 bridgehead atoms. The number of nitrogens with zero attached hydrogens (tertiary/aromatic N) is 2. The molecule has 26 heavy (non-hydrogen) atoms. The van der Waals surface area contributed by atoms with Gasteiger partial charge in [-0.15, -0.1) is 0 Å². The van der Waals surface area contributed by atoms with Gasteiger partial charge in [-0.05, 0) is 13.8 Å². The van der Waals surface area contributed by atoms with Crippen molar-refractivity contribution in [2.45, 2.75) is 55.3 Å². The molecule has 4 rings (SSSR count). The van der Waals surface area contributed by atoms with E-state index >= 15 is 0 Å². The lowest BCUT2D eigenvalue weighted by molar-refractivity contribution is -0.433. The number of hydrogen-bond donors (Lipinski definition) is 0. The SMILES string of the molecule is CC[N+]1=C(C)Cc2ccccc21.CC[N+]1=C(C)Cc2ccccc21.[3H]C.[3H]C. The third-order valence-electron chi connectivity index (χ3n) is 5.01. The van der Waals surface area contributed by atoms with Gasteiger partial charge >= 0.3 is 0 Å².